The quantitative estimate of drug-likeness (QED) is 0.841. The molecule has 2 rings (SSSR count). The van der Waals surface area contributed by atoms with E-state index in [9.17, 15) is 8.42 Å². The van der Waals surface area contributed by atoms with Gasteiger partial charge in [0.05, 0.1) is 16.1 Å². The molecule has 0 aliphatic carbocycles. The maximum Gasteiger partial charge on any atom is 0.243 e. The number of hydrogen-bond acceptors (Lipinski definition) is 5. The van der Waals surface area contributed by atoms with Crippen molar-refractivity contribution in [2.75, 3.05) is 7.05 Å². The Hall–Kier alpha value is -1.35. The van der Waals surface area contributed by atoms with E-state index in [1.165, 1.54) is 27.8 Å². The summed E-state index contributed by atoms with van der Waals surface area (Å²) in [5.74, 6) is 0. The van der Waals surface area contributed by atoms with Crippen molar-refractivity contribution in [3.63, 3.8) is 0 Å². The average Bonchev–Trinajstić information content (AvgIpc) is 2.84. The van der Waals surface area contributed by atoms with Crippen molar-refractivity contribution in [1.29, 1.82) is 0 Å². The lowest BCUT2D eigenvalue weighted by Gasteiger charge is -2.16. The number of thiocarbonyl (C=S) groups is 1. The van der Waals surface area contributed by atoms with Crippen LogP contribution in [0.4, 0.5) is 0 Å². The lowest BCUT2D eigenvalue weighted by Crippen LogP contribution is -2.26. The molecule has 0 radical (unpaired) electrons. The van der Waals surface area contributed by atoms with E-state index in [-0.39, 0.29) is 9.88 Å². The molecule has 0 fully saturated rings. The van der Waals surface area contributed by atoms with E-state index in [4.69, 9.17) is 18.0 Å². The smallest absolute Gasteiger partial charge is 0.243 e. The van der Waals surface area contributed by atoms with Crippen LogP contribution in [0.1, 0.15) is 16.1 Å². The number of nitrogens with two attached hydrogens (primary N) is 1. The molecule has 8 heteroatoms. The summed E-state index contributed by atoms with van der Waals surface area (Å²) in [5.41, 5.74) is 8.71. The molecule has 0 unspecified atom stereocenters. The molecule has 0 amide bonds. The van der Waals surface area contributed by atoms with Crippen LogP contribution in [-0.4, -0.2) is 29.7 Å². The van der Waals surface area contributed by atoms with Crippen molar-refractivity contribution in [1.82, 2.24) is 9.29 Å². The Balaban J connectivity index is 2.24. The van der Waals surface area contributed by atoms with Gasteiger partial charge in [-0.1, -0.05) is 24.4 Å². The molecule has 0 atom stereocenters. The lowest BCUT2D eigenvalue weighted by atomic mass is 10.2. The highest BCUT2D eigenvalue weighted by atomic mass is 32.2. The minimum absolute atomic E-state index is 0.215. The third-order valence-corrected chi connectivity index (χ3v) is 6.03. The first-order chi connectivity index (χ1) is 9.82. The maximum atomic E-state index is 12.5. The van der Waals surface area contributed by atoms with Crippen LogP contribution in [0.25, 0.3) is 0 Å². The van der Waals surface area contributed by atoms with Crippen molar-refractivity contribution < 1.29 is 8.42 Å². The first-order valence-electron chi connectivity index (χ1n) is 6.07. The Morgan fingerprint density at radius 2 is 2.00 bits per heavy atom. The van der Waals surface area contributed by atoms with Gasteiger partial charge in [-0.25, -0.2) is 13.4 Å². The summed E-state index contributed by atoms with van der Waals surface area (Å²) >= 11 is 6.30. The van der Waals surface area contributed by atoms with E-state index < -0.39 is 10.0 Å². The monoisotopic (exact) mass is 341 g/mol. The first-order valence-corrected chi connectivity index (χ1v) is 8.80. The molecule has 1 aromatic heterocycles. The highest BCUT2D eigenvalue weighted by molar-refractivity contribution is 7.89. The van der Waals surface area contributed by atoms with Crippen molar-refractivity contribution in [2.24, 2.45) is 5.73 Å². The molecule has 1 heterocycles. The normalized spacial score (nSPS) is 11.8. The number of benzene rings is 1. The molecule has 21 heavy (non-hydrogen) atoms. The molecule has 0 saturated heterocycles. The van der Waals surface area contributed by atoms with Crippen molar-refractivity contribution in [3.8, 4) is 0 Å². The molecule has 1 aromatic carbocycles. The van der Waals surface area contributed by atoms with Gasteiger partial charge in [-0.05, 0) is 19.1 Å². The third-order valence-electron chi connectivity index (χ3n) is 3.06. The molecule has 0 spiro atoms. The topological polar surface area (TPSA) is 76.3 Å². The Labute approximate surface area is 133 Å². The van der Waals surface area contributed by atoms with Gasteiger partial charge in [0.1, 0.15) is 4.99 Å². The fourth-order valence-corrected chi connectivity index (χ4v) is 3.92. The van der Waals surface area contributed by atoms with Crippen LogP contribution in [0.15, 0.2) is 34.7 Å². The van der Waals surface area contributed by atoms with E-state index in [2.05, 4.69) is 4.98 Å². The summed E-state index contributed by atoms with van der Waals surface area (Å²) < 4.78 is 26.3. The van der Waals surface area contributed by atoms with Crippen LogP contribution < -0.4 is 5.73 Å². The van der Waals surface area contributed by atoms with Crippen LogP contribution in [0.5, 0.6) is 0 Å². The second kappa shape index (κ2) is 6.18. The standard InChI is InChI=1S/C13H15N3O2S3/c1-9-12(20-8-15-9)7-16(2)21(17,18)11-5-3-10(4-6-11)13(14)19/h3-6,8H,7H2,1-2H3,(H2,14,19). The minimum atomic E-state index is -3.55. The molecular weight excluding hydrogens is 326 g/mol. The number of aromatic nitrogens is 1. The van der Waals surface area contributed by atoms with Gasteiger partial charge in [-0.2, -0.15) is 4.31 Å². The van der Waals surface area contributed by atoms with Gasteiger partial charge in [0.15, 0.2) is 0 Å². The van der Waals surface area contributed by atoms with Gasteiger partial charge >= 0.3 is 0 Å². The minimum Gasteiger partial charge on any atom is -0.389 e. The number of rotatable bonds is 5. The highest BCUT2D eigenvalue weighted by Crippen LogP contribution is 2.20. The van der Waals surface area contributed by atoms with E-state index in [0.717, 1.165) is 10.6 Å². The summed E-state index contributed by atoms with van der Waals surface area (Å²) in [6, 6.07) is 6.25. The number of nitrogens with zero attached hydrogens (tertiary/aromatic N) is 2. The zero-order valence-electron chi connectivity index (χ0n) is 11.6. The predicted octanol–water partition coefficient (Wildman–Crippen LogP) is 1.91. The van der Waals surface area contributed by atoms with Crippen LogP contribution in [0, 0.1) is 6.92 Å². The number of hydrogen-bond donors (Lipinski definition) is 1. The Morgan fingerprint density at radius 1 is 1.38 bits per heavy atom. The fourth-order valence-electron chi connectivity index (χ4n) is 1.74. The van der Waals surface area contributed by atoms with Gasteiger partial charge in [-0.15, -0.1) is 11.3 Å². The summed E-state index contributed by atoms with van der Waals surface area (Å²) in [5, 5.41) is 0. The van der Waals surface area contributed by atoms with E-state index in [1.807, 2.05) is 6.92 Å². The molecule has 2 N–H and O–H groups in total. The molecule has 0 saturated carbocycles. The Morgan fingerprint density at radius 3 is 2.48 bits per heavy atom. The number of aryl methyl sites for hydroxylation is 1. The van der Waals surface area contributed by atoms with Gasteiger partial charge in [0.25, 0.3) is 0 Å². The van der Waals surface area contributed by atoms with E-state index >= 15 is 0 Å². The predicted molar refractivity (Wildman–Crippen MR) is 87.8 cm³/mol. The zero-order valence-corrected chi connectivity index (χ0v) is 14.1. The Kier molecular flexibility index (Phi) is 4.72. The van der Waals surface area contributed by atoms with Gasteiger partial charge < -0.3 is 5.73 Å². The lowest BCUT2D eigenvalue weighted by molar-refractivity contribution is 0.468. The summed E-state index contributed by atoms with van der Waals surface area (Å²) in [7, 11) is -1.99. The van der Waals surface area contributed by atoms with Crippen LogP contribution in [0.2, 0.25) is 0 Å². The molecule has 0 aliphatic heterocycles. The summed E-state index contributed by atoms with van der Waals surface area (Å²) in [6.07, 6.45) is 0. The molecule has 0 bridgehead atoms. The molecule has 2 aromatic rings. The third kappa shape index (κ3) is 3.46. The van der Waals surface area contributed by atoms with E-state index in [0.29, 0.717) is 12.1 Å². The SMILES string of the molecule is Cc1ncsc1CN(C)S(=O)(=O)c1ccc(C(N)=S)cc1. The summed E-state index contributed by atoms with van der Waals surface area (Å²) in [6.45, 7) is 2.17. The Bertz CT molecular complexity index is 751. The maximum absolute atomic E-state index is 12.5. The van der Waals surface area contributed by atoms with Crippen LogP contribution in [0.3, 0.4) is 0 Å². The van der Waals surface area contributed by atoms with Crippen LogP contribution in [-0.2, 0) is 16.6 Å². The van der Waals surface area contributed by atoms with Crippen molar-refractivity contribution >= 4 is 38.6 Å². The molecular formula is C13H15N3O2S3. The second-order valence-corrected chi connectivity index (χ2v) is 7.93. The largest absolute Gasteiger partial charge is 0.389 e. The van der Waals surface area contributed by atoms with Crippen molar-refractivity contribution in [2.45, 2.75) is 18.4 Å². The molecule has 112 valence electrons. The van der Waals surface area contributed by atoms with E-state index in [1.54, 1.807) is 24.7 Å². The number of thiazole rings is 1. The van der Waals surface area contributed by atoms with Crippen LogP contribution >= 0.6 is 23.6 Å². The first kappa shape index (κ1) is 16.0. The summed E-state index contributed by atoms with van der Waals surface area (Å²) in [4.78, 5) is 5.51. The van der Waals surface area contributed by atoms with Gasteiger partial charge in [0.2, 0.25) is 10.0 Å². The highest BCUT2D eigenvalue weighted by Gasteiger charge is 2.22. The van der Waals surface area contributed by atoms with Gasteiger partial charge in [0, 0.05) is 24.0 Å². The number of sulfonamides is 1. The second-order valence-electron chi connectivity index (χ2n) is 4.51. The average molecular weight is 341 g/mol. The van der Waals surface area contributed by atoms with Crippen molar-refractivity contribution in [3.05, 3.63) is 45.9 Å². The molecule has 5 nitrogen and oxygen atoms in total. The fraction of sp³-hybridized carbons (Fsp3) is 0.231. The van der Waals surface area contributed by atoms with Gasteiger partial charge in [-0.3, -0.25) is 0 Å². The zero-order chi connectivity index (χ0) is 15.6. The molecule has 0 aliphatic rings.